The second kappa shape index (κ2) is 5.11. The first-order valence-corrected chi connectivity index (χ1v) is 4.72. The van der Waals surface area contributed by atoms with Gasteiger partial charge in [-0.05, 0) is 30.2 Å². The van der Waals surface area contributed by atoms with Crippen molar-refractivity contribution in [3.8, 4) is 0 Å². The fraction of sp³-hybridized carbons (Fsp3) is 0.182. The van der Waals surface area contributed by atoms with Gasteiger partial charge in [-0.1, -0.05) is 0 Å². The molecule has 6 nitrogen and oxygen atoms in total. The van der Waals surface area contributed by atoms with E-state index in [2.05, 4.69) is 0 Å². The SMILES string of the molecule is O=C(O)CCc1cc(C(=O)O)cc(C(=O)O)c1. The average molecular weight is 238 g/mol. The molecule has 3 N–H and O–H groups in total. The van der Waals surface area contributed by atoms with Gasteiger partial charge in [-0.2, -0.15) is 0 Å². The number of aliphatic carboxylic acids is 1. The van der Waals surface area contributed by atoms with Crippen LogP contribution in [0, 0.1) is 0 Å². The van der Waals surface area contributed by atoms with Gasteiger partial charge in [0.05, 0.1) is 11.1 Å². The smallest absolute Gasteiger partial charge is 0.335 e. The third-order valence-corrected chi connectivity index (χ3v) is 2.11. The highest BCUT2D eigenvalue weighted by atomic mass is 16.4. The van der Waals surface area contributed by atoms with Crippen molar-refractivity contribution in [3.63, 3.8) is 0 Å². The van der Waals surface area contributed by atoms with E-state index >= 15 is 0 Å². The van der Waals surface area contributed by atoms with Crippen molar-refractivity contribution in [2.24, 2.45) is 0 Å². The van der Waals surface area contributed by atoms with E-state index in [4.69, 9.17) is 15.3 Å². The van der Waals surface area contributed by atoms with Gasteiger partial charge in [0.25, 0.3) is 0 Å². The first kappa shape index (κ1) is 12.7. The Morgan fingerprint density at radius 2 is 1.35 bits per heavy atom. The molecule has 0 spiro atoms. The molecular weight excluding hydrogens is 228 g/mol. The first-order valence-electron chi connectivity index (χ1n) is 4.72. The lowest BCUT2D eigenvalue weighted by Crippen LogP contribution is -2.05. The second-order valence-electron chi connectivity index (χ2n) is 3.42. The summed E-state index contributed by atoms with van der Waals surface area (Å²) in [5.74, 6) is -3.52. The molecule has 1 aromatic carbocycles. The van der Waals surface area contributed by atoms with Gasteiger partial charge < -0.3 is 15.3 Å². The van der Waals surface area contributed by atoms with Crippen molar-refractivity contribution in [1.29, 1.82) is 0 Å². The summed E-state index contributed by atoms with van der Waals surface area (Å²) in [5.41, 5.74) is 0.0558. The predicted octanol–water partition coefficient (Wildman–Crippen LogP) is 1.10. The molecular formula is C11H10O6. The zero-order chi connectivity index (χ0) is 13.0. The molecule has 17 heavy (non-hydrogen) atoms. The molecule has 0 unspecified atom stereocenters. The molecule has 0 fully saturated rings. The number of carboxylic acids is 3. The van der Waals surface area contributed by atoms with Gasteiger partial charge >= 0.3 is 17.9 Å². The molecule has 0 saturated carbocycles. The standard InChI is InChI=1S/C11H10O6/c12-9(13)2-1-6-3-7(10(14)15)5-8(4-6)11(16)17/h3-5H,1-2H2,(H,12,13)(H,14,15)(H,16,17). The van der Waals surface area contributed by atoms with Crippen LogP contribution in [0.2, 0.25) is 0 Å². The first-order chi connectivity index (χ1) is 7.90. The number of carbonyl (C=O) groups is 3. The largest absolute Gasteiger partial charge is 0.481 e. The Morgan fingerprint density at radius 3 is 1.71 bits per heavy atom. The molecule has 0 amide bonds. The van der Waals surface area contributed by atoms with E-state index in [1.807, 2.05) is 0 Å². The van der Waals surface area contributed by atoms with Crippen LogP contribution in [-0.4, -0.2) is 33.2 Å². The van der Waals surface area contributed by atoms with Crippen LogP contribution in [0.15, 0.2) is 18.2 Å². The van der Waals surface area contributed by atoms with Crippen molar-refractivity contribution < 1.29 is 29.7 Å². The average Bonchev–Trinajstić information content (AvgIpc) is 2.25. The van der Waals surface area contributed by atoms with Gasteiger partial charge in [0.2, 0.25) is 0 Å². The molecule has 0 atom stereocenters. The topological polar surface area (TPSA) is 112 Å². The molecule has 0 aliphatic carbocycles. The lowest BCUT2D eigenvalue weighted by Gasteiger charge is -2.04. The number of aryl methyl sites for hydroxylation is 1. The highest BCUT2D eigenvalue weighted by molar-refractivity contribution is 5.94. The Bertz CT molecular complexity index is 445. The maximum absolute atomic E-state index is 10.8. The van der Waals surface area contributed by atoms with E-state index in [1.165, 1.54) is 12.1 Å². The molecule has 1 rings (SSSR count). The van der Waals surface area contributed by atoms with E-state index in [9.17, 15) is 14.4 Å². The van der Waals surface area contributed by atoms with Crippen molar-refractivity contribution >= 4 is 17.9 Å². The van der Waals surface area contributed by atoms with Crippen LogP contribution >= 0.6 is 0 Å². The molecule has 0 aliphatic rings. The Kier molecular flexibility index (Phi) is 3.82. The number of rotatable bonds is 5. The van der Waals surface area contributed by atoms with E-state index in [-0.39, 0.29) is 24.0 Å². The minimum atomic E-state index is -1.25. The van der Waals surface area contributed by atoms with Gasteiger partial charge in [-0.3, -0.25) is 4.79 Å². The van der Waals surface area contributed by atoms with Gasteiger partial charge in [-0.15, -0.1) is 0 Å². The van der Waals surface area contributed by atoms with Crippen LogP contribution in [0.3, 0.4) is 0 Å². The Hall–Kier alpha value is -2.37. The van der Waals surface area contributed by atoms with Crippen LogP contribution in [0.25, 0.3) is 0 Å². The zero-order valence-electron chi connectivity index (χ0n) is 8.71. The minimum Gasteiger partial charge on any atom is -0.481 e. The van der Waals surface area contributed by atoms with Crippen LogP contribution in [0.1, 0.15) is 32.7 Å². The third-order valence-electron chi connectivity index (χ3n) is 2.11. The van der Waals surface area contributed by atoms with Crippen LogP contribution in [0.4, 0.5) is 0 Å². The normalized spacial score (nSPS) is 9.88. The van der Waals surface area contributed by atoms with Gasteiger partial charge in [0.15, 0.2) is 0 Å². The molecule has 90 valence electrons. The molecule has 1 aromatic rings. The van der Waals surface area contributed by atoms with E-state index in [1.54, 1.807) is 0 Å². The number of hydrogen-bond acceptors (Lipinski definition) is 3. The number of hydrogen-bond donors (Lipinski definition) is 3. The number of carboxylic acid groups (broad SMARTS) is 3. The number of aromatic carboxylic acids is 2. The minimum absolute atomic E-state index is 0.0940. The maximum atomic E-state index is 10.8. The molecule has 0 saturated heterocycles. The van der Waals surface area contributed by atoms with Crippen LogP contribution in [-0.2, 0) is 11.2 Å². The molecule has 0 aliphatic heterocycles. The molecule has 0 heterocycles. The third kappa shape index (κ3) is 3.60. The zero-order valence-corrected chi connectivity index (χ0v) is 8.71. The van der Waals surface area contributed by atoms with E-state index in [0.29, 0.717) is 5.56 Å². The highest BCUT2D eigenvalue weighted by Gasteiger charge is 2.11. The molecule has 6 heteroatoms. The van der Waals surface area contributed by atoms with Crippen molar-refractivity contribution in [2.75, 3.05) is 0 Å². The molecule has 0 bridgehead atoms. The molecule has 0 radical (unpaired) electrons. The summed E-state index contributed by atoms with van der Waals surface area (Å²) < 4.78 is 0. The van der Waals surface area contributed by atoms with Crippen LogP contribution < -0.4 is 0 Å². The fourth-order valence-corrected chi connectivity index (χ4v) is 1.33. The van der Waals surface area contributed by atoms with Crippen molar-refractivity contribution in [3.05, 3.63) is 34.9 Å². The molecule has 0 aromatic heterocycles. The van der Waals surface area contributed by atoms with E-state index in [0.717, 1.165) is 6.07 Å². The maximum Gasteiger partial charge on any atom is 0.335 e. The summed E-state index contributed by atoms with van der Waals surface area (Å²) in [5, 5.41) is 26.1. The lowest BCUT2D eigenvalue weighted by molar-refractivity contribution is -0.136. The highest BCUT2D eigenvalue weighted by Crippen LogP contribution is 2.12. The second-order valence-corrected chi connectivity index (χ2v) is 3.42. The van der Waals surface area contributed by atoms with Gasteiger partial charge in [-0.25, -0.2) is 9.59 Å². The monoisotopic (exact) mass is 238 g/mol. The van der Waals surface area contributed by atoms with Gasteiger partial charge in [0, 0.05) is 6.42 Å². The summed E-state index contributed by atoms with van der Waals surface area (Å²) in [6.07, 6.45) is -0.0845. The Morgan fingerprint density at radius 1 is 0.882 bits per heavy atom. The van der Waals surface area contributed by atoms with Gasteiger partial charge in [0.1, 0.15) is 0 Å². The summed E-state index contributed by atoms with van der Waals surface area (Å²) in [6, 6.07) is 3.59. The summed E-state index contributed by atoms with van der Waals surface area (Å²) in [7, 11) is 0. The Balaban J connectivity index is 3.08. The Labute approximate surface area is 96.1 Å². The fourth-order valence-electron chi connectivity index (χ4n) is 1.33. The lowest BCUT2D eigenvalue weighted by atomic mass is 10.0. The summed E-state index contributed by atoms with van der Waals surface area (Å²) >= 11 is 0. The van der Waals surface area contributed by atoms with Crippen molar-refractivity contribution in [1.82, 2.24) is 0 Å². The number of benzene rings is 1. The predicted molar refractivity (Wildman–Crippen MR) is 56.3 cm³/mol. The van der Waals surface area contributed by atoms with Crippen LogP contribution in [0.5, 0.6) is 0 Å². The van der Waals surface area contributed by atoms with Crippen molar-refractivity contribution in [2.45, 2.75) is 12.8 Å². The summed E-state index contributed by atoms with van der Waals surface area (Å²) in [4.78, 5) is 31.9. The van der Waals surface area contributed by atoms with E-state index < -0.39 is 17.9 Å². The quantitative estimate of drug-likeness (QED) is 0.708. The summed E-state index contributed by atoms with van der Waals surface area (Å²) in [6.45, 7) is 0.